The Hall–Kier alpha value is -0.810. The second kappa shape index (κ2) is 5.23. The highest BCUT2D eigenvalue weighted by Crippen LogP contribution is 2.22. The Bertz CT molecular complexity index is 273. The molecule has 1 aliphatic rings. The monoisotopic (exact) mass is 244 g/mol. The van der Waals surface area contributed by atoms with Gasteiger partial charge in [-0.2, -0.15) is 0 Å². The number of likely N-dealkylation sites (tertiary alicyclic amines) is 1. The minimum absolute atomic E-state index is 0.0993. The van der Waals surface area contributed by atoms with E-state index in [1.165, 1.54) is 0 Å². The fraction of sp³-hybridized carbons (Fsp3) is 0.917. The molecule has 0 spiro atoms. The summed E-state index contributed by atoms with van der Waals surface area (Å²) in [6.07, 6.45) is -0.291. The number of amides is 1. The molecule has 0 radical (unpaired) electrons. The standard InChI is InChI=1S/C12H24N2O3/c1-12(2,3)17-11(16)14-6-9(8-15)10(7-14)13(4)5/h9-10,15H,6-8H2,1-5H3/t9-,10-/m0/s1. The van der Waals surface area contributed by atoms with E-state index in [2.05, 4.69) is 0 Å². The largest absolute Gasteiger partial charge is 0.444 e. The molecule has 1 heterocycles. The van der Waals surface area contributed by atoms with Gasteiger partial charge in [0.15, 0.2) is 0 Å². The average Bonchev–Trinajstić information content (AvgIpc) is 2.58. The van der Waals surface area contributed by atoms with E-state index in [9.17, 15) is 9.90 Å². The molecular formula is C12H24N2O3. The number of aliphatic hydroxyl groups excluding tert-OH is 1. The zero-order chi connectivity index (χ0) is 13.2. The van der Waals surface area contributed by atoms with Gasteiger partial charge in [-0.3, -0.25) is 0 Å². The molecule has 0 aliphatic carbocycles. The molecule has 0 aromatic heterocycles. The van der Waals surface area contributed by atoms with Gasteiger partial charge < -0.3 is 19.6 Å². The molecule has 5 heteroatoms. The number of hydrogen-bond acceptors (Lipinski definition) is 4. The van der Waals surface area contributed by atoms with Gasteiger partial charge in [-0.25, -0.2) is 4.79 Å². The van der Waals surface area contributed by atoms with Crippen LogP contribution in [0.3, 0.4) is 0 Å². The summed E-state index contributed by atoms with van der Waals surface area (Å²) in [5, 5.41) is 9.31. The van der Waals surface area contributed by atoms with Crippen LogP contribution in [0.4, 0.5) is 4.79 Å². The van der Waals surface area contributed by atoms with Crippen LogP contribution in [0.2, 0.25) is 0 Å². The molecule has 1 aliphatic heterocycles. The lowest BCUT2D eigenvalue weighted by atomic mass is 10.0. The Kier molecular flexibility index (Phi) is 4.38. The third-order valence-electron chi connectivity index (χ3n) is 2.96. The van der Waals surface area contributed by atoms with Crippen molar-refractivity contribution < 1.29 is 14.6 Å². The van der Waals surface area contributed by atoms with Crippen LogP contribution in [-0.4, -0.2) is 66.4 Å². The zero-order valence-corrected chi connectivity index (χ0v) is 11.4. The summed E-state index contributed by atoms with van der Waals surface area (Å²) in [5.74, 6) is 0.109. The van der Waals surface area contributed by atoms with E-state index >= 15 is 0 Å². The first-order chi connectivity index (χ1) is 7.74. The van der Waals surface area contributed by atoms with Gasteiger partial charge in [0.05, 0.1) is 0 Å². The van der Waals surface area contributed by atoms with Gasteiger partial charge >= 0.3 is 6.09 Å². The van der Waals surface area contributed by atoms with E-state index in [0.29, 0.717) is 13.1 Å². The molecule has 100 valence electrons. The fourth-order valence-electron chi connectivity index (χ4n) is 2.09. The molecule has 0 saturated carbocycles. The van der Waals surface area contributed by atoms with E-state index in [1.54, 1.807) is 4.90 Å². The Labute approximate surface area is 103 Å². The molecule has 17 heavy (non-hydrogen) atoms. The summed E-state index contributed by atoms with van der Waals surface area (Å²) in [5.41, 5.74) is -0.470. The summed E-state index contributed by atoms with van der Waals surface area (Å²) in [6.45, 7) is 6.85. The summed E-state index contributed by atoms with van der Waals surface area (Å²) >= 11 is 0. The van der Waals surface area contributed by atoms with Crippen molar-refractivity contribution in [2.45, 2.75) is 32.4 Å². The van der Waals surface area contributed by atoms with Crippen molar-refractivity contribution in [1.29, 1.82) is 0 Å². The first kappa shape index (κ1) is 14.3. The summed E-state index contributed by atoms with van der Waals surface area (Å²) in [4.78, 5) is 15.6. The van der Waals surface area contributed by atoms with E-state index in [0.717, 1.165) is 0 Å². The van der Waals surface area contributed by atoms with Crippen LogP contribution in [-0.2, 0) is 4.74 Å². The Morgan fingerprint density at radius 2 is 2.00 bits per heavy atom. The molecule has 1 rings (SSSR count). The topological polar surface area (TPSA) is 53.0 Å². The summed E-state index contributed by atoms with van der Waals surface area (Å²) in [6, 6.07) is 0.201. The third kappa shape index (κ3) is 3.85. The Morgan fingerprint density at radius 1 is 1.41 bits per heavy atom. The van der Waals surface area contributed by atoms with Gasteiger partial charge in [0, 0.05) is 31.7 Å². The second-order valence-corrected chi connectivity index (χ2v) is 5.86. The van der Waals surface area contributed by atoms with Crippen molar-refractivity contribution in [2.24, 2.45) is 5.92 Å². The Morgan fingerprint density at radius 3 is 2.35 bits per heavy atom. The SMILES string of the molecule is CN(C)[C@H]1CN(C(=O)OC(C)(C)C)C[C@H]1CO. The van der Waals surface area contributed by atoms with E-state index in [4.69, 9.17) is 4.74 Å². The van der Waals surface area contributed by atoms with E-state index in [1.807, 2.05) is 39.8 Å². The van der Waals surface area contributed by atoms with Crippen LogP contribution in [0, 0.1) is 5.92 Å². The van der Waals surface area contributed by atoms with Gasteiger partial charge in [0.2, 0.25) is 0 Å². The molecule has 0 unspecified atom stereocenters. The number of hydrogen-bond donors (Lipinski definition) is 1. The number of rotatable bonds is 2. The molecule has 1 saturated heterocycles. The molecule has 2 atom stereocenters. The average molecular weight is 244 g/mol. The van der Waals surface area contributed by atoms with Crippen molar-refractivity contribution in [3.05, 3.63) is 0 Å². The van der Waals surface area contributed by atoms with Gasteiger partial charge in [0.25, 0.3) is 0 Å². The van der Waals surface area contributed by atoms with Gasteiger partial charge in [-0.05, 0) is 34.9 Å². The van der Waals surface area contributed by atoms with Crippen LogP contribution in [0.5, 0.6) is 0 Å². The van der Waals surface area contributed by atoms with Crippen LogP contribution < -0.4 is 0 Å². The summed E-state index contributed by atoms with van der Waals surface area (Å²) < 4.78 is 5.33. The molecule has 1 fully saturated rings. The van der Waals surface area contributed by atoms with E-state index < -0.39 is 5.60 Å². The van der Waals surface area contributed by atoms with Crippen LogP contribution in [0.1, 0.15) is 20.8 Å². The smallest absolute Gasteiger partial charge is 0.410 e. The minimum Gasteiger partial charge on any atom is -0.444 e. The van der Waals surface area contributed by atoms with Gasteiger partial charge in [-0.1, -0.05) is 0 Å². The maximum Gasteiger partial charge on any atom is 0.410 e. The van der Waals surface area contributed by atoms with Crippen molar-refractivity contribution in [3.63, 3.8) is 0 Å². The maximum atomic E-state index is 11.9. The first-order valence-electron chi connectivity index (χ1n) is 6.00. The second-order valence-electron chi connectivity index (χ2n) is 5.86. The fourth-order valence-corrected chi connectivity index (χ4v) is 2.09. The van der Waals surface area contributed by atoms with Crippen molar-refractivity contribution in [3.8, 4) is 0 Å². The van der Waals surface area contributed by atoms with Gasteiger partial charge in [-0.15, -0.1) is 0 Å². The normalized spacial score (nSPS) is 25.5. The number of carbonyl (C=O) groups is 1. The molecular weight excluding hydrogens is 220 g/mol. The molecule has 1 N–H and O–H groups in total. The van der Waals surface area contributed by atoms with E-state index in [-0.39, 0.29) is 24.7 Å². The molecule has 1 amide bonds. The number of nitrogens with zero attached hydrogens (tertiary/aromatic N) is 2. The van der Waals surface area contributed by atoms with Crippen molar-refractivity contribution in [2.75, 3.05) is 33.8 Å². The minimum atomic E-state index is -0.470. The summed E-state index contributed by atoms with van der Waals surface area (Å²) in [7, 11) is 3.93. The highest BCUT2D eigenvalue weighted by molar-refractivity contribution is 5.68. The lowest BCUT2D eigenvalue weighted by Gasteiger charge is -2.25. The predicted octanol–water partition coefficient (Wildman–Crippen LogP) is 0.776. The number of carbonyl (C=O) groups excluding carboxylic acids is 1. The Balaban J connectivity index is 2.61. The molecule has 5 nitrogen and oxygen atoms in total. The number of ether oxygens (including phenoxy) is 1. The molecule has 0 bridgehead atoms. The van der Waals surface area contributed by atoms with Gasteiger partial charge in [0.1, 0.15) is 5.60 Å². The number of aliphatic hydroxyl groups is 1. The quantitative estimate of drug-likeness (QED) is 0.780. The molecule has 0 aromatic carbocycles. The number of likely N-dealkylation sites (N-methyl/N-ethyl adjacent to an activating group) is 1. The van der Waals surface area contributed by atoms with Crippen LogP contribution in [0.25, 0.3) is 0 Å². The predicted molar refractivity (Wildman–Crippen MR) is 65.9 cm³/mol. The lowest BCUT2D eigenvalue weighted by Crippen LogP contribution is -2.38. The van der Waals surface area contributed by atoms with Crippen LogP contribution in [0.15, 0.2) is 0 Å². The maximum absolute atomic E-state index is 11.9. The zero-order valence-electron chi connectivity index (χ0n) is 11.4. The third-order valence-corrected chi connectivity index (χ3v) is 2.96. The van der Waals surface area contributed by atoms with Crippen molar-refractivity contribution >= 4 is 6.09 Å². The van der Waals surface area contributed by atoms with Crippen molar-refractivity contribution in [1.82, 2.24) is 9.80 Å². The molecule has 0 aromatic rings. The lowest BCUT2D eigenvalue weighted by molar-refractivity contribution is 0.0279. The highest BCUT2D eigenvalue weighted by Gasteiger charge is 2.37. The van der Waals surface area contributed by atoms with Crippen LogP contribution >= 0.6 is 0 Å². The first-order valence-corrected chi connectivity index (χ1v) is 6.00. The highest BCUT2D eigenvalue weighted by atomic mass is 16.6.